The number of carboxylic acids is 1. The molecule has 94 valence electrons. The zero-order valence-electron chi connectivity index (χ0n) is 10.2. The Kier molecular flexibility index (Phi) is 2.54. The van der Waals surface area contributed by atoms with Crippen molar-refractivity contribution in [2.45, 2.75) is 38.5 Å². The van der Waals surface area contributed by atoms with Crippen LogP contribution in [0.1, 0.15) is 38.5 Å². The number of hydrogen-bond donors (Lipinski definition) is 2. The van der Waals surface area contributed by atoms with E-state index in [2.05, 4.69) is 6.08 Å². The molecule has 0 aromatic heterocycles. The molecule has 0 radical (unpaired) electrons. The molecule has 0 unspecified atom stereocenters. The predicted octanol–water partition coefficient (Wildman–Crippen LogP) is 2.17. The van der Waals surface area contributed by atoms with E-state index in [9.17, 15) is 4.79 Å². The minimum Gasteiger partial charge on any atom is -0.481 e. The van der Waals surface area contributed by atoms with Gasteiger partial charge in [0.25, 0.3) is 0 Å². The molecule has 2 saturated carbocycles. The van der Waals surface area contributed by atoms with Crippen LogP contribution in [0.15, 0.2) is 11.6 Å². The maximum atomic E-state index is 11.0. The largest absolute Gasteiger partial charge is 0.481 e. The number of hydrogen-bond acceptors (Lipinski definition) is 2. The first-order valence-corrected chi connectivity index (χ1v) is 6.75. The molecule has 3 heteroatoms. The molecule has 3 aliphatic rings. The first kappa shape index (κ1) is 11.3. The van der Waals surface area contributed by atoms with Gasteiger partial charge >= 0.3 is 5.97 Å². The van der Waals surface area contributed by atoms with Crippen LogP contribution in [0.4, 0.5) is 0 Å². The lowest BCUT2D eigenvalue weighted by Gasteiger charge is -2.53. The van der Waals surface area contributed by atoms with Crippen LogP contribution in [0.2, 0.25) is 0 Å². The fourth-order valence-corrected chi connectivity index (χ4v) is 3.93. The Labute approximate surface area is 102 Å². The average Bonchev–Trinajstić information content (AvgIpc) is 2.99. The fourth-order valence-electron chi connectivity index (χ4n) is 3.93. The maximum absolute atomic E-state index is 11.0. The minimum absolute atomic E-state index is 0.0989. The summed E-state index contributed by atoms with van der Waals surface area (Å²) in [6, 6.07) is 0. The minimum atomic E-state index is -0.690. The van der Waals surface area contributed by atoms with E-state index in [-0.39, 0.29) is 11.8 Å². The van der Waals surface area contributed by atoms with Gasteiger partial charge in [0, 0.05) is 0 Å². The number of aliphatic carboxylic acids is 1. The van der Waals surface area contributed by atoms with Gasteiger partial charge in [-0.15, -0.1) is 0 Å². The topological polar surface area (TPSA) is 63.3 Å². The fraction of sp³-hybridized carbons (Fsp3) is 0.786. The van der Waals surface area contributed by atoms with Crippen molar-refractivity contribution in [3.05, 3.63) is 11.6 Å². The first-order valence-electron chi connectivity index (χ1n) is 6.75. The van der Waals surface area contributed by atoms with Crippen molar-refractivity contribution in [1.82, 2.24) is 0 Å². The van der Waals surface area contributed by atoms with Crippen LogP contribution < -0.4 is 5.73 Å². The van der Waals surface area contributed by atoms with Gasteiger partial charge in [-0.3, -0.25) is 4.79 Å². The van der Waals surface area contributed by atoms with Crippen LogP contribution >= 0.6 is 0 Å². The van der Waals surface area contributed by atoms with E-state index >= 15 is 0 Å². The number of rotatable bonds is 5. The lowest BCUT2D eigenvalue weighted by Crippen LogP contribution is -2.52. The molecule has 0 spiro atoms. The van der Waals surface area contributed by atoms with Crippen molar-refractivity contribution in [3.63, 3.8) is 0 Å². The van der Waals surface area contributed by atoms with Gasteiger partial charge in [0.2, 0.25) is 0 Å². The molecule has 0 aromatic rings. The van der Waals surface area contributed by atoms with Crippen molar-refractivity contribution in [2.75, 3.05) is 6.54 Å². The summed E-state index contributed by atoms with van der Waals surface area (Å²) in [6.07, 6.45) is 8.78. The van der Waals surface area contributed by atoms with Crippen LogP contribution in [0, 0.1) is 23.2 Å². The first-order chi connectivity index (χ1) is 8.14. The normalized spacial score (nSPS) is 39.5. The van der Waals surface area contributed by atoms with Gasteiger partial charge in [0.05, 0.1) is 6.42 Å². The van der Waals surface area contributed by atoms with E-state index in [0.717, 1.165) is 18.8 Å². The van der Waals surface area contributed by atoms with Crippen LogP contribution in [-0.2, 0) is 4.79 Å². The van der Waals surface area contributed by atoms with Crippen LogP contribution in [0.3, 0.4) is 0 Å². The molecule has 0 aliphatic heterocycles. The van der Waals surface area contributed by atoms with Crippen molar-refractivity contribution in [1.29, 1.82) is 0 Å². The summed E-state index contributed by atoms with van der Waals surface area (Å²) in [4.78, 5) is 11.0. The highest BCUT2D eigenvalue weighted by atomic mass is 16.4. The van der Waals surface area contributed by atoms with E-state index in [0.29, 0.717) is 18.4 Å². The van der Waals surface area contributed by atoms with Crippen molar-refractivity contribution >= 4 is 5.97 Å². The molecule has 0 saturated heterocycles. The molecule has 3 aliphatic carbocycles. The number of allylic oxidation sites excluding steroid dienone is 2. The van der Waals surface area contributed by atoms with Gasteiger partial charge in [-0.25, -0.2) is 0 Å². The maximum Gasteiger partial charge on any atom is 0.303 e. The lowest BCUT2D eigenvalue weighted by molar-refractivity contribution is -0.145. The van der Waals surface area contributed by atoms with Gasteiger partial charge in [0.15, 0.2) is 0 Å². The van der Waals surface area contributed by atoms with Crippen LogP contribution in [0.25, 0.3) is 0 Å². The molecule has 0 aromatic carbocycles. The Morgan fingerprint density at radius 3 is 2.88 bits per heavy atom. The number of carboxylic acid groups (broad SMARTS) is 1. The molecule has 0 amide bonds. The van der Waals surface area contributed by atoms with Gasteiger partial charge in [-0.05, 0) is 61.8 Å². The summed E-state index contributed by atoms with van der Waals surface area (Å²) >= 11 is 0. The second kappa shape index (κ2) is 3.84. The molecule has 0 heterocycles. The number of nitrogens with two attached hydrogens (primary N) is 1. The zero-order valence-corrected chi connectivity index (χ0v) is 10.2. The highest BCUT2D eigenvalue weighted by molar-refractivity contribution is 5.68. The van der Waals surface area contributed by atoms with E-state index in [1.807, 2.05) is 0 Å². The summed E-state index contributed by atoms with van der Waals surface area (Å²) in [6.45, 7) is 0.533. The predicted molar refractivity (Wildman–Crippen MR) is 65.4 cm³/mol. The molecule has 3 N–H and O–H groups in total. The van der Waals surface area contributed by atoms with Gasteiger partial charge in [-0.2, -0.15) is 0 Å². The third kappa shape index (κ3) is 1.81. The Balaban J connectivity index is 1.65. The molecule has 17 heavy (non-hydrogen) atoms. The third-order valence-corrected chi connectivity index (χ3v) is 5.14. The summed E-state index contributed by atoms with van der Waals surface area (Å²) in [5.74, 6) is 1.44. The summed E-state index contributed by atoms with van der Waals surface area (Å²) < 4.78 is 0. The molecule has 2 fully saturated rings. The Morgan fingerprint density at radius 2 is 2.29 bits per heavy atom. The monoisotopic (exact) mass is 235 g/mol. The van der Waals surface area contributed by atoms with Gasteiger partial charge in [0.1, 0.15) is 0 Å². The molecule has 3 nitrogen and oxygen atoms in total. The van der Waals surface area contributed by atoms with E-state index < -0.39 is 5.97 Å². The molecule has 3 atom stereocenters. The number of carbonyl (C=O) groups is 1. The SMILES string of the molecule is NC[C@@]1(CC(=O)O)C[C@@H]2C(CC3CC3)=CC[C@@H]21. The highest BCUT2D eigenvalue weighted by Gasteiger charge is 2.56. The van der Waals surface area contributed by atoms with E-state index in [1.165, 1.54) is 19.3 Å². The van der Waals surface area contributed by atoms with Gasteiger partial charge in [-0.1, -0.05) is 11.6 Å². The summed E-state index contributed by atoms with van der Waals surface area (Å²) in [7, 11) is 0. The average molecular weight is 235 g/mol. The van der Waals surface area contributed by atoms with Gasteiger partial charge < -0.3 is 10.8 Å². The zero-order chi connectivity index (χ0) is 12.0. The van der Waals surface area contributed by atoms with Crippen molar-refractivity contribution in [2.24, 2.45) is 28.9 Å². The summed E-state index contributed by atoms with van der Waals surface area (Å²) in [5, 5.41) is 9.01. The lowest BCUT2D eigenvalue weighted by atomic mass is 9.52. The van der Waals surface area contributed by atoms with Crippen molar-refractivity contribution < 1.29 is 9.90 Å². The van der Waals surface area contributed by atoms with E-state index in [1.54, 1.807) is 5.57 Å². The van der Waals surface area contributed by atoms with E-state index in [4.69, 9.17) is 10.8 Å². The molecule has 0 bridgehead atoms. The summed E-state index contributed by atoms with van der Waals surface area (Å²) in [5.41, 5.74) is 7.36. The Morgan fingerprint density at radius 1 is 1.53 bits per heavy atom. The molecular weight excluding hydrogens is 214 g/mol. The second-order valence-corrected chi connectivity index (χ2v) is 6.22. The Bertz CT molecular complexity index is 372. The Hall–Kier alpha value is -0.830. The highest BCUT2D eigenvalue weighted by Crippen LogP contribution is 2.61. The number of fused-ring (bicyclic) bond motifs is 1. The smallest absolute Gasteiger partial charge is 0.303 e. The second-order valence-electron chi connectivity index (χ2n) is 6.22. The third-order valence-electron chi connectivity index (χ3n) is 5.14. The van der Waals surface area contributed by atoms with Crippen LogP contribution in [0.5, 0.6) is 0 Å². The molecule has 3 rings (SSSR count). The van der Waals surface area contributed by atoms with Crippen LogP contribution in [-0.4, -0.2) is 17.6 Å². The standard InChI is InChI=1S/C14H21NO2/c15-8-14(7-13(16)17)6-11-10(3-4-12(11)14)5-9-1-2-9/h3,9,11-12H,1-2,4-8,15H2,(H,16,17)/t11-,12+,14+/m1/s1. The molecular formula is C14H21NO2. The van der Waals surface area contributed by atoms with Crippen molar-refractivity contribution in [3.8, 4) is 0 Å². The quantitative estimate of drug-likeness (QED) is 0.718.